The van der Waals surface area contributed by atoms with E-state index < -0.39 is 29.9 Å². The van der Waals surface area contributed by atoms with Gasteiger partial charge in [0.05, 0.1) is 26.4 Å². The summed E-state index contributed by atoms with van der Waals surface area (Å²) in [6.45, 7) is 4.08. The Balaban J connectivity index is 1.48. The van der Waals surface area contributed by atoms with Gasteiger partial charge < -0.3 is 24.8 Å². The quantitative estimate of drug-likeness (QED) is 0.651. The molecule has 0 aliphatic carbocycles. The fraction of sp³-hybridized carbons (Fsp3) is 0.375. The van der Waals surface area contributed by atoms with Crippen molar-refractivity contribution in [1.29, 1.82) is 0 Å². The third-order valence-corrected chi connectivity index (χ3v) is 5.88. The minimum absolute atomic E-state index is 0.373. The number of hydrogen-bond donors (Lipinski definition) is 2. The molecule has 2 aromatic carbocycles. The lowest BCUT2D eigenvalue weighted by atomic mass is 9.91. The monoisotopic (exact) mass is 453 g/mol. The van der Waals surface area contributed by atoms with E-state index in [9.17, 15) is 14.4 Å². The van der Waals surface area contributed by atoms with Crippen LogP contribution in [0.25, 0.3) is 0 Å². The number of methoxy groups -OCH3 is 1. The van der Waals surface area contributed by atoms with Crippen LogP contribution in [0.5, 0.6) is 17.2 Å². The third kappa shape index (κ3) is 4.30. The van der Waals surface area contributed by atoms with Gasteiger partial charge in [-0.15, -0.1) is 0 Å². The van der Waals surface area contributed by atoms with Gasteiger partial charge in [0.25, 0.3) is 5.91 Å². The van der Waals surface area contributed by atoms with Gasteiger partial charge in [-0.1, -0.05) is 24.3 Å². The molecular formula is C24H27N3O6. The first-order valence-electron chi connectivity index (χ1n) is 10.8. The molecule has 1 saturated heterocycles. The van der Waals surface area contributed by atoms with Gasteiger partial charge in [0.2, 0.25) is 5.91 Å². The van der Waals surface area contributed by atoms with Gasteiger partial charge in [0.15, 0.2) is 11.5 Å². The largest absolute Gasteiger partial charge is 0.496 e. The minimum Gasteiger partial charge on any atom is -0.496 e. The van der Waals surface area contributed by atoms with E-state index in [0.717, 1.165) is 16.9 Å². The molecule has 9 nitrogen and oxygen atoms in total. The van der Waals surface area contributed by atoms with Crippen LogP contribution < -0.4 is 24.8 Å². The van der Waals surface area contributed by atoms with Gasteiger partial charge in [-0.25, -0.2) is 4.79 Å². The molecule has 1 fully saturated rings. The molecule has 2 atom stereocenters. The number of para-hydroxylation sites is 1. The van der Waals surface area contributed by atoms with Gasteiger partial charge in [-0.05, 0) is 37.6 Å². The number of nitrogens with zero attached hydrogens (tertiary/aromatic N) is 1. The van der Waals surface area contributed by atoms with Crippen LogP contribution in [0.2, 0.25) is 0 Å². The van der Waals surface area contributed by atoms with Crippen LogP contribution in [-0.2, 0) is 15.1 Å². The molecule has 0 aromatic heterocycles. The maximum atomic E-state index is 13.2. The number of hydrogen-bond acceptors (Lipinski definition) is 6. The van der Waals surface area contributed by atoms with E-state index in [-0.39, 0.29) is 6.04 Å². The van der Waals surface area contributed by atoms with Crippen molar-refractivity contribution in [3.8, 4) is 17.2 Å². The normalized spacial score (nSPS) is 20.6. The molecule has 2 aliphatic rings. The van der Waals surface area contributed by atoms with Crippen molar-refractivity contribution in [2.75, 3.05) is 26.9 Å². The Morgan fingerprint density at radius 2 is 1.91 bits per heavy atom. The summed E-state index contributed by atoms with van der Waals surface area (Å²) in [5.74, 6) is 0.789. The average molecular weight is 453 g/mol. The Morgan fingerprint density at radius 1 is 1.18 bits per heavy atom. The zero-order chi connectivity index (χ0) is 23.6. The number of rotatable bonds is 6. The van der Waals surface area contributed by atoms with Crippen LogP contribution in [0.3, 0.4) is 0 Å². The van der Waals surface area contributed by atoms with Crippen LogP contribution in [0.15, 0.2) is 42.5 Å². The first-order valence-corrected chi connectivity index (χ1v) is 10.8. The van der Waals surface area contributed by atoms with E-state index in [4.69, 9.17) is 14.2 Å². The topological polar surface area (TPSA) is 106 Å². The molecule has 9 heteroatoms. The summed E-state index contributed by atoms with van der Waals surface area (Å²) >= 11 is 0. The van der Waals surface area contributed by atoms with Gasteiger partial charge >= 0.3 is 6.03 Å². The van der Waals surface area contributed by atoms with Crippen molar-refractivity contribution in [1.82, 2.24) is 15.5 Å². The Kier molecular flexibility index (Phi) is 6.13. The van der Waals surface area contributed by atoms with Crippen molar-refractivity contribution in [2.45, 2.75) is 31.8 Å². The van der Waals surface area contributed by atoms with Crippen LogP contribution in [0, 0.1) is 0 Å². The SMILES string of the molecule is COc1ccccc1C(C)NC(=O)CN1C(=O)NC(C)(c2ccc3c(c2)OCCCO3)C1=O. The highest BCUT2D eigenvalue weighted by atomic mass is 16.5. The van der Waals surface area contributed by atoms with E-state index in [0.29, 0.717) is 36.0 Å². The Hall–Kier alpha value is -3.75. The summed E-state index contributed by atoms with van der Waals surface area (Å²) in [4.78, 5) is 39.5. The highest BCUT2D eigenvalue weighted by molar-refractivity contribution is 6.09. The maximum absolute atomic E-state index is 13.2. The first-order chi connectivity index (χ1) is 15.8. The molecule has 4 rings (SSSR count). The van der Waals surface area contributed by atoms with E-state index in [2.05, 4.69) is 10.6 Å². The molecule has 0 bridgehead atoms. The van der Waals surface area contributed by atoms with Crippen molar-refractivity contribution in [2.24, 2.45) is 0 Å². The molecule has 2 heterocycles. The van der Waals surface area contributed by atoms with Gasteiger partial charge in [-0.2, -0.15) is 0 Å². The number of amides is 4. The molecule has 2 aromatic rings. The van der Waals surface area contributed by atoms with Gasteiger partial charge in [0, 0.05) is 12.0 Å². The summed E-state index contributed by atoms with van der Waals surface area (Å²) < 4.78 is 16.7. The van der Waals surface area contributed by atoms with Crippen molar-refractivity contribution < 1.29 is 28.6 Å². The third-order valence-electron chi connectivity index (χ3n) is 5.88. The molecule has 33 heavy (non-hydrogen) atoms. The highest BCUT2D eigenvalue weighted by Gasteiger charge is 2.49. The molecular weight excluding hydrogens is 426 g/mol. The highest BCUT2D eigenvalue weighted by Crippen LogP contribution is 2.36. The number of ether oxygens (including phenoxy) is 3. The number of carbonyl (C=O) groups excluding carboxylic acids is 3. The van der Waals surface area contributed by atoms with Gasteiger partial charge in [-0.3, -0.25) is 14.5 Å². The number of carbonyl (C=O) groups is 3. The fourth-order valence-corrected chi connectivity index (χ4v) is 4.04. The predicted molar refractivity (Wildman–Crippen MR) is 119 cm³/mol. The molecule has 0 radical (unpaired) electrons. The number of urea groups is 1. The maximum Gasteiger partial charge on any atom is 0.325 e. The Labute approximate surface area is 192 Å². The van der Waals surface area contributed by atoms with E-state index in [1.165, 1.54) is 0 Å². The predicted octanol–water partition coefficient (Wildman–Crippen LogP) is 2.50. The second kappa shape index (κ2) is 9.01. The second-order valence-electron chi connectivity index (χ2n) is 8.19. The lowest BCUT2D eigenvalue weighted by Crippen LogP contribution is -2.43. The molecule has 0 saturated carbocycles. The van der Waals surface area contributed by atoms with Crippen LogP contribution in [0.1, 0.15) is 37.4 Å². The van der Waals surface area contributed by atoms with Crippen molar-refractivity contribution in [3.63, 3.8) is 0 Å². The summed E-state index contributed by atoms with van der Waals surface area (Å²) in [6, 6.07) is 11.5. The lowest BCUT2D eigenvalue weighted by Gasteiger charge is -2.23. The van der Waals surface area contributed by atoms with Crippen LogP contribution >= 0.6 is 0 Å². The molecule has 4 amide bonds. The first kappa shape index (κ1) is 22.4. The standard InChI is InChI=1S/C24H27N3O6/c1-15(17-7-4-5-8-18(17)31-3)25-21(28)14-27-22(29)24(2,26-23(27)30)16-9-10-19-20(13-16)33-12-6-11-32-19/h4-5,7-10,13,15H,6,11-12,14H2,1-3H3,(H,25,28)(H,26,30). The minimum atomic E-state index is -1.32. The molecule has 2 unspecified atom stereocenters. The Bertz CT molecular complexity index is 1090. The van der Waals surface area contributed by atoms with Crippen molar-refractivity contribution in [3.05, 3.63) is 53.6 Å². The number of benzene rings is 2. The molecule has 174 valence electrons. The average Bonchev–Trinajstić information content (AvgIpc) is 2.96. The Morgan fingerprint density at radius 3 is 2.67 bits per heavy atom. The van der Waals surface area contributed by atoms with Gasteiger partial charge in [0.1, 0.15) is 17.8 Å². The zero-order valence-electron chi connectivity index (χ0n) is 18.8. The second-order valence-corrected chi connectivity index (χ2v) is 8.19. The summed E-state index contributed by atoms with van der Waals surface area (Å²) in [5.41, 5.74) is 0.0223. The summed E-state index contributed by atoms with van der Waals surface area (Å²) in [7, 11) is 1.56. The zero-order valence-corrected chi connectivity index (χ0v) is 18.8. The van der Waals surface area contributed by atoms with Crippen molar-refractivity contribution >= 4 is 17.8 Å². The van der Waals surface area contributed by atoms with E-state index in [1.54, 1.807) is 38.3 Å². The summed E-state index contributed by atoms with van der Waals surface area (Å²) in [5, 5.41) is 5.54. The van der Waals surface area contributed by atoms with Crippen LogP contribution in [-0.4, -0.2) is 49.6 Å². The number of nitrogens with one attached hydrogen (secondary N) is 2. The summed E-state index contributed by atoms with van der Waals surface area (Å²) in [6.07, 6.45) is 0.757. The molecule has 0 spiro atoms. The lowest BCUT2D eigenvalue weighted by molar-refractivity contribution is -0.135. The number of imide groups is 1. The van der Waals surface area contributed by atoms with E-state index in [1.807, 2.05) is 25.1 Å². The fourth-order valence-electron chi connectivity index (χ4n) is 4.04. The van der Waals surface area contributed by atoms with Crippen LogP contribution in [0.4, 0.5) is 4.79 Å². The molecule has 2 N–H and O–H groups in total. The van der Waals surface area contributed by atoms with E-state index >= 15 is 0 Å². The molecule has 2 aliphatic heterocycles. The smallest absolute Gasteiger partial charge is 0.325 e. The number of fused-ring (bicyclic) bond motifs is 1.